The zero-order valence-corrected chi connectivity index (χ0v) is 15.5. The maximum absolute atomic E-state index is 12.0. The first-order chi connectivity index (χ1) is 11.5. The number of amides is 1. The standard InChI is InChI=1S/C19H22ClNO2S/c1-14-4-3-5-18(12-14)23-15(2)19(22)21-10-11-24-13-16-6-8-17(20)9-7-16/h3-9,12,15H,10-11,13H2,1-2H3,(H,21,22)/t15-/m1/s1. The van der Waals surface area contributed by atoms with E-state index in [2.05, 4.69) is 5.32 Å². The molecule has 5 heteroatoms. The van der Waals surface area contributed by atoms with Crippen molar-refractivity contribution in [2.24, 2.45) is 0 Å². The Morgan fingerprint density at radius 2 is 2.00 bits per heavy atom. The van der Waals surface area contributed by atoms with Crippen molar-refractivity contribution >= 4 is 29.3 Å². The predicted octanol–water partition coefficient (Wildman–Crippen LogP) is 4.47. The number of aryl methyl sites for hydroxylation is 1. The second-order valence-corrected chi connectivity index (χ2v) is 7.09. The van der Waals surface area contributed by atoms with Crippen molar-refractivity contribution in [1.29, 1.82) is 0 Å². The fourth-order valence-corrected chi connectivity index (χ4v) is 3.05. The summed E-state index contributed by atoms with van der Waals surface area (Å²) >= 11 is 7.63. The molecule has 0 saturated heterocycles. The molecule has 0 aliphatic carbocycles. The van der Waals surface area contributed by atoms with Gasteiger partial charge in [-0.05, 0) is 49.2 Å². The van der Waals surface area contributed by atoms with Gasteiger partial charge in [0.2, 0.25) is 0 Å². The van der Waals surface area contributed by atoms with Gasteiger partial charge < -0.3 is 10.1 Å². The van der Waals surface area contributed by atoms with Gasteiger partial charge in [-0.15, -0.1) is 0 Å². The number of nitrogens with one attached hydrogen (secondary N) is 1. The molecule has 2 aromatic rings. The number of rotatable bonds is 8. The monoisotopic (exact) mass is 363 g/mol. The van der Waals surface area contributed by atoms with E-state index in [1.54, 1.807) is 18.7 Å². The highest BCUT2D eigenvalue weighted by Crippen LogP contribution is 2.16. The van der Waals surface area contributed by atoms with E-state index in [1.165, 1.54) is 5.56 Å². The summed E-state index contributed by atoms with van der Waals surface area (Å²) in [4.78, 5) is 12.0. The molecule has 0 aromatic heterocycles. The van der Waals surface area contributed by atoms with E-state index >= 15 is 0 Å². The van der Waals surface area contributed by atoms with Crippen LogP contribution in [0.2, 0.25) is 5.02 Å². The molecule has 2 aromatic carbocycles. The van der Waals surface area contributed by atoms with Crippen molar-refractivity contribution < 1.29 is 9.53 Å². The summed E-state index contributed by atoms with van der Waals surface area (Å²) < 4.78 is 5.66. The Labute approximate surface area is 152 Å². The van der Waals surface area contributed by atoms with Crippen LogP contribution < -0.4 is 10.1 Å². The summed E-state index contributed by atoms with van der Waals surface area (Å²) in [5.41, 5.74) is 2.34. The normalized spacial score (nSPS) is 11.8. The minimum Gasteiger partial charge on any atom is -0.481 e. The SMILES string of the molecule is Cc1cccc(O[C@H](C)C(=O)NCCSCc2ccc(Cl)cc2)c1. The second-order valence-electron chi connectivity index (χ2n) is 5.55. The molecule has 0 radical (unpaired) electrons. The summed E-state index contributed by atoms with van der Waals surface area (Å²) in [6, 6.07) is 15.5. The second kappa shape index (κ2) is 9.60. The molecule has 2 rings (SSSR count). The van der Waals surface area contributed by atoms with Crippen molar-refractivity contribution in [2.45, 2.75) is 25.7 Å². The van der Waals surface area contributed by atoms with E-state index in [-0.39, 0.29) is 5.91 Å². The first kappa shape index (κ1) is 18.7. The molecule has 128 valence electrons. The Kier molecular flexibility index (Phi) is 7.47. The van der Waals surface area contributed by atoms with Gasteiger partial charge in [0.1, 0.15) is 5.75 Å². The quantitative estimate of drug-likeness (QED) is 0.703. The minimum absolute atomic E-state index is 0.0939. The Hall–Kier alpha value is -1.65. The molecule has 24 heavy (non-hydrogen) atoms. The topological polar surface area (TPSA) is 38.3 Å². The average Bonchev–Trinajstić information content (AvgIpc) is 2.56. The highest BCUT2D eigenvalue weighted by atomic mass is 35.5. The van der Waals surface area contributed by atoms with Gasteiger partial charge in [0.05, 0.1) is 0 Å². The van der Waals surface area contributed by atoms with Crippen LogP contribution in [0.1, 0.15) is 18.1 Å². The maximum Gasteiger partial charge on any atom is 0.260 e. The van der Waals surface area contributed by atoms with Crippen LogP contribution in [0.4, 0.5) is 0 Å². The van der Waals surface area contributed by atoms with Gasteiger partial charge in [-0.3, -0.25) is 4.79 Å². The molecule has 1 amide bonds. The number of thioether (sulfide) groups is 1. The van der Waals surface area contributed by atoms with Gasteiger partial charge in [-0.1, -0.05) is 35.9 Å². The van der Waals surface area contributed by atoms with E-state index < -0.39 is 6.10 Å². The van der Waals surface area contributed by atoms with Crippen LogP contribution in [0.3, 0.4) is 0 Å². The number of halogens is 1. The van der Waals surface area contributed by atoms with Crippen molar-refractivity contribution in [2.75, 3.05) is 12.3 Å². The molecule has 0 spiro atoms. The van der Waals surface area contributed by atoms with Crippen LogP contribution in [0, 0.1) is 6.92 Å². The summed E-state index contributed by atoms with van der Waals surface area (Å²) in [6.07, 6.45) is -0.506. The first-order valence-electron chi connectivity index (χ1n) is 7.88. The van der Waals surface area contributed by atoms with E-state index in [0.29, 0.717) is 6.54 Å². The number of carbonyl (C=O) groups excluding carboxylic acids is 1. The Bertz CT molecular complexity index is 661. The van der Waals surface area contributed by atoms with E-state index in [9.17, 15) is 4.79 Å². The van der Waals surface area contributed by atoms with Crippen LogP contribution in [0.15, 0.2) is 48.5 Å². The highest BCUT2D eigenvalue weighted by Gasteiger charge is 2.13. The smallest absolute Gasteiger partial charge is 0.260 e. The fourth-order valence-electron chi connectivity index (χ4n) is 2.11. The number of hydrogen-bond acceptors (Lipinski definition) is 3. The molecule has 1 atom stereocenters. The van der Waals surface area contributed by atoms with E-state index in [1.807, 2.05) is 55.5 Å². The summed E-state index contributed by atoms with van der Waals surface area (Å²) in [5, 5.41) is 3.66. The van der Waals surface area contributed by atoms with E-state index in [0.717, 1.165) is 27.8 Å². The molecule has 0 aliphatic rings. The highest BCUT2D eigenvalue weighted by molar-refractivity contribution is 7.98. The molecule has 0 aliphatic heterocycles. The van der Waals surface area contributed by atoms with Gasteiger partial charge in [-0.2, -0.15) is 11.8 Å². The van der Waals surface area contributed by atoms with Crippen LogP contribution >= 0.6 is 23.4 Å². The average molecular weight is 364 g/mol. The molecule has 0 heterocycles. The van der Waals surface area contributed by atoms with Crippen molar-refractivity contribution in [3.8, 4) is 5.75 Å². The van der Waals surface area contributed by atoms with Gasteiger partial charge in [-0.25, -0.2) is 0 Å². The molecular weight excluding hydrogens is 342 g/mol. The number of carbonyl (C=O) groups is 1. The van der Waals surface area contributed by atoms with Gasteiger partial charge in [0, 0.05) is 23.1 Å². The van der Waals surface area contributed by atoms with Crippen molar-refractivity contribution in [3.63, 3.8) is 0 Å². The third-order valence-corrected chi connectivity index (χ3v) is 4.68. The lowest BCUT2D eigenvalue weighted by molar-refractivity contribution is -0.127. The lowest BCUT2D eigenvalue weighted by Gasteiger charge is -2.15. The minimum atomic E-state index is -0.506. The summed E-state index contributed by atoms with van der Waals surface area (Å²) in [7, 11) is 0. The zero-order chi connectivity index (χ0) is 17.4. The van der Waals surface area contributed by atoms with Crippen molar-refractivity contribution in [1.82, 2.24) is 5.32 Å². The van der Waals surface area contributed by atoms with Gasteiger partial charge >= 0.3 is 0 Å². The van der Waals surface area contributed by atoms with Crippen LogP contribution in [-0.2, 0) is 10.5 Å². The lowest BCUT2D eigenvalue weighted by Crippen LogP contribution is -2.37. The van der Waals surface area contributed by atoms with E-state index in [4.69, 9.17) is 16.3 Å². The first-order valence-corrected chi connectivity index (χ1v) is 9.41. The van der Waals surface area contributed by atoms with Crippen LogP contribution in [-0.4, -0.2) is 24.3 Å². The molecule has 0 saturated carbocycles. The Balaban J connectivity index is 1.64. The molecule has 1 N–H and O–H groups in total. The molecular formula is C19H22ClNO2S. The lowest BCUT2D eigenvalue weighted by atomic mass is 10.2. The van der Waals surface area contributed by atoms with Crippen molar-refractivity contribution in [3.05, 3.63) is 64.7 Å². The third kappa shape index (κ3) is 6.46. The van der Waals surface area contributed by atoms with Crippen LogP contribution in [0.5, 0.6) is 5.75 Å². The number of ether oxygens (including phenoxy) is 1. The Morgan fingerprint density at radius 3 is 2.71 bits per heavy atom. The van der Waals surface area contributed by atoms with Gasteiger partial charge in [0.15, 0.2) is 6.10 Å². The van der Waals surface area contributed by atoms with Crippen LogP contribution in [0.25, 0.3) is 0 Å². The largest absolute Gasteiger partial charge is 0.481 e. The molecule has 0 unspecified atom stereocenters. The third-order valence-electron chi connectivity index (χ3n) is 3.40. The Morgan fingerprint density at radius 1 is 1.25 bits per heavy atom. The molecule has 0 fully saturated rings. The maximum atomic E-state index is 12.0. The predicted molar refractivity (Wildman–Crippen MR) is 102 cm³/mol. The number of hydrogen-bond donors (Lipinski definition) is 1. The fraction of sp³-hybridized carbons (Fsp3) is 0.316. The molecule has 0 bridgehead atoms. The summed E-state index contributed by atoms with van der Waals surface area (Å²) in [6.45, 7) is 4.38. The zero-order valence-electron chi connectivity index (χ0n) is 13.9. The van der Waals surface area contributed by atoms with Gasteiger partial charge in [0.25, 0.3) is 5.91 Å². The number of benzene rings is 2. The summed E-state index contributed by atoms with van der Waals surface area (Å²) in [5.74, 6) is 2.38. The molecule has 3 nitrogen and oxygen atoms in total.